The molecule has 3 rings (SSSR count). The monoisotopic (exact) mass is 507 g/mol. The predicted octanol–water partition coefficient (Wildman–Crippen LogP) is 5.07. The van der Waals surface area contributed by atoms with Crippen molar-refractivity contribution in [1.29, 1.82) is 0 Å². The lowest BCUT2D eigenvalue weighted by Gasteiger charge is -2.26. The van der Waals surface area contributed by atoms with Gasteiger partial charge in [-0.3, -0.25) is 4.79 Å². The molecule has 1 aliphatic rings. The smallest absolute Gasteiger partial charge is 0.422 e. The fourth-order valence-corrected chi connectivity index (χ4v) is 3.82. The van der Waals surface area contributed by atoms with Crippen molar-refractivity contribution in [1.82, 2.24) is 5.32 Å². The van der Waals surface area contributed by atoms with Crippen LogP contribution in [-0.2, 0) is 15.9 Å². The highest BCUT2D eigenvalue weighted by Gasteiger charge is 2.47. The standard InChI is InChI=1S/C21H19BrF5NO3/c1-19(30,16-3-2-14(23)9-17(16)24)10-18(29)28-20(4-5-20)12-6-13(22)8-15(7-12)31-11-21(25,26)27/h2-3,6-9,30H,4-5,10-11H2,1H3,(H,28,29)/t19-/m1/s1. The lowest BCUT2D eigenvalue weighted by molar-refractivity contribution is -0.153. The van der Waals surface area contributed by atoms with Crippen LogP contribution in [0.15, 0.2) is 40.9 Å². The Morgan fingerprint density at radius 1 is 1.19 bits per heavy atom. The largest absolute Gasteiger partial charge is 0.484 e. The van der Waals surface area contributed by atoms with Crippen LogP contribution in [0, 0.1) is 11.6 Å². The summed E-state index contributed by atoms with van der Waals surface area (Å²) >= 11 is 3.23. The number of carbonyl (C=O) groups excluding carboxylic acids is 1. The zero-order chi connectivity index (χ0) is 23.0. The van der Waals surface area contributed by atoms with E-state index < -0.39 is 47.9 Å². The summed E-state index contributed by atoms with van der Waals surface area (Å²) in [6.45, 7) is -0.209. The maximum absolute atomic E-state index is 14.0. The van der Waals surface area contributed by atoms with Crippen LogP contribution in [0.1, 0.15) is 37.3 Å². The predicted molar refractivity (Wildman–Crippen MR) is 105 cm³/mol. The molecule has 0 radical (unpaired) electrons. The second kappa shape index (κ2) is 8.38. The number of hydrogen-bond donors (Lipinski definition) is 2. The van der Waals surface area contributed by atoms with Gasteiger partial charge in [-0.05, 0) is 49.6 Å². The SMILES string of the molecule is C[C@@](O)(CC(=O)NC1(c2cc(Br)cc(OCC(F)(F)F)c2)CC1)c1ccc(F)cc1F. The fraction of sp³-hybridized carbons (Fsp3) is 0.381. The fourth-order valence-electron chi connectivity index (χ4n) is 3.34. The molecule has 0 heterocycles. The van der Waals surface area contributed by atoms with Crippen LogP contribution in [0.3, 0.4) is 0 Å². The molecule has 1 fully saturated rings. The first-order chi connectivity index (χ1) is 14.3. The molecule has 0 unspecified atom stereocenters. The van der Waals surface area contributed by atoms with E-state index in [0.29, 0.717) is 28.9 Å². The van der Waals surface area contributed by atoms with Gasteiger partial charge in [0.25, 0.3) is 0 Å². The van der Waals surface area contributed by atoms with Gasteiger partial charge in [0.15, 0.2) is 6.61 Å². The third-order valence-electron chi connectivity index (χ3n) is 4.97. The zero-order valence-electron chi connectivity index (χ0n) is 16.3. The Morgan fingerprint density at radius 3 is 2.45 bits per heavy atom. The molecular formula is C21H19BrF5NO3. The minimum Gasteiger partial charge on any atom is -0.484 e. The third-order valence-corrected chi connectivity index (χ3v) is 5.43. The molecule has 0 aliphatic heterocycles. The average molecular weight is 508 g/mol. The van der Waals surface area contributed by atoms with Crippen LogP contribution in [-0.4, -0.2) is 23.8 Å². The molecule has 31 heavy (non-hydrogen) atoms. The van der Waals surface area contributed by atoms with Gasteiger partial charge in [-0.1, -0.05) is 22.0 Å². The molecule has 2 aromatic rings. The number of alkyl halides is 3. The summed E-state index contributed by atoms with van der Waals surface area (Å²) < 4.78 is 69.8. The number of rotatable bonds is 7. The van der Waals surface area contributed by atoms with Crippen LogP contribution < -0.4 is 10.1 Å². The molecule has 1 atom stereocenters. The second-order valence-electron chi connectivity index (χ2n) is 7.78. The normalized spacial score (nSPS) is 17.0. The van der Waals surface area contributed by atoms with Gasteiger partial charge in [0.2, 0.25) is 5.91 Å². The van der Waals surface area contributed by atoms with Crippen molar-refractivity contribution in [3.8, 4) is 5.75 Å². The average Bonchev–Trinajstić information content (AvgIpc) is 3.38. The molecular weight excluding hydrogens is 489 g/mol. The molecule has 0 spiro atoms. The lowest BCUT2D eigenvalue weighted by atomic mass is 9.91. The molecule has 2 aromatic carbocycles. The number of nitrogens with one attached hydrogen (secondary N) is 1. The van der Waals surface area contributed by atoms with Gasteiger partial charge in [0.05, 0.1) is 17.6 Å². The second-order valence-corrected chi connectivity index (χ2v) is 8.70. The van der Waals surface area contributed by atoms with Gasteiger partial charge >= 0.3 is 6.18 Å². The van der Waals surface area contributed by atoms with E-state index in [0.717, 1.165) is 12.1 Å². The highest BCUT2D eigenvalue weighted by atomic mass is 79.9. The topological polar surface area (TPSA) is 58.6 Å². The van der Waals surface area contributed by atoms with Crippen molar-refractivity contribution in [3.05, 3.63) is 63.6 Å². The molecule has 4 nitrogen and oxygen atoms in total. The number of ether oxygens (including phenoxy) is 1. The Labute approximate surface area is 183 Å². The zero-order valence-corrected chi connectivity index (χ0v) is 17.9. The minimum atomic E-state index is -4.49. The highest BCUT2D eigenvalue weighted by Crippen LogP contribution is 2.47. The minimum absolute atomic E-state index is 0.0115. The van der Waals surface area contributed by atoms with E-state index >= 15 is 0 Å². The Bertz CT molecular complexity index is 989. The van der Waals surface area contributed by atoms with Gasteiger partial charge in [0.1, 0.15) is 17.4 Å². The van der Waals surface area contributed by atoms with Gasteiger partial charge < -0.3 is 15.2 Å². The Kier molecular flexibility index (Phi) is 6.35. The van der Waals surface area contributed by atoms with Gasteiger partial charge in [-0.15, -0.1) is 0 Å². The maximum Gasteiger partial charge on any atom is 0.422 e. The summed E-state index contributed by atoms with van der Waals surface area (Å²) in [5, 5.41) is 13.4. The molecule has 0 aromatic heterocycles. The Balaban J connectivity index is 1.73. The van der Waals surface area contributed by atoms with E-state index in [4.69, 9.17) is 4.74 Å². The molecule has 1 saturated carbocycles. The van der Waals surface area contributed by atoms with E-state index in [1.54, 1.807) is 6.07 Å². The van der Waals surface area contributed by atoms with Crippen LogP contribution in [0.5, 0.6) is 5.75 Å². The summed E-state index contributed by atoms with van der Waals surface area (Å²) in [7, 11) is 0. The highest BCUT2D eigenvalue weighted by molar-refractivity contribution is 9.10. The van der Waals surface area contributed by atoms with E-state index in [1.807, 2.05) is 0 Å². The first kappa shape index (κ1) is 23.5. The number of benzene rings is 2. The van der Waals surface area contributed by atoms with E-state index in [9.17, 15) is 31.9 Å². The summed E-state index contributed by atoms with van der Waals surface area (Å²) in [4.78, 5) is 12.6. The van der Waals surface area contributed by atoms with Gasteiger partial charge in [-0.25, -0.2) is 8.78 Å². The molecule has 10 heteroatoms. The van der Waals surface area contributed by atoms with Crippen LogP contribution in [0.4, 0.5) is 22.0 Å². The van der Waals surface area contributed by atoms with Crippen molar-refractivity contribution in [3.63, 3.8) is 0 Å². The van der Waals surface area contributed by atoms with Crippen molar-refractivity contribution < 1.29 is 36.6 Å². The molecule has 0 bridgehead atoms. The molecule has 1 amide bonds. The Hall–Kier alpha value is -2.20. The van der Waals surface area contributed by atoms with Crippen LogP contribution in [0.25, 0.3) is 0 Å². The molecule has 2 N–H and O–H groups in total. The number of amides is 1. The summed E-state index contributed by atoms with van der Waals surface area (Å²) in [6, 6.07) is 7.14. The number of carbonyl (C=O) groups is 1. The quantitative estimate of drug-likeness (QED) is 0.514. The van der Waals surface area contributed by atoms with Crippen LogP contribution >= 0.6 is 15.9 Å². The van der Waals surface area contributed by atoms with Crippen molar-refractivity contribution in [2.24, 2.45) is 0 Å². The molecule has 0 saturated heterocycles. The Morgan fingerprint density at radius 2 is 1.87 bits per heavy atom. The lowest BCUT2D eigenvalue weighted by Crippen LogP contribution is -2.39. The van der Waals surface area contributed by atoms with E-state index in [2.05, 4.69) is 21.2 Å². The number of hydrogen-bond acceptors (Lipinski definition) is 3. The van der Waals surface area contributed by atoms with Crippen molar-refractivity contribution in [2.45, 2.75) is 43.5 Å². The van der Waals surface area contributed by atoms with E-state index in [-0.39, 0.29) is 11.3 Å². The van der Waals surface area contributed by atoms with E-state index in [1.165, 1.54) is 19.1 Å². The van der Waals surface area contributed by atoms with Crippen molar-refractivity contribution in [2.75, 3.05) is 6.61 Å². The van der Waals surface area contributed by atoms with Gasteiger partial charge in [-0.2, -0.15) is 13.2 Å². The molecule has 168 valence electrons. The van der Waals surface area contributed by atoms with Crippen LogP contribution in [0.2, 0.25) is 0 Å². The maximum atomic E-state index is 14.0. The summed E-state index contributed by atoms with van der Waals surface area (Å²) in [5.74, 6) is -2.39. The number of aliphatic hydroxyl groups is 1. The first-order valence-corrected chi connectivity index (χ1v) is 10.1. The molecule has 1 aliphatic carbocycles. The van der Waals surface area contributed by atoms with Crippen molar-refractivity contribution >= 4 is 21.8 Å². The van der Waals surface area contributed by atoms with Gasteiger partial charge in [0, 0.05) is 16.1 Å². The first-order valence-electron chi connectivity index (χ1n) is 9.29. The number of halogens is 6. The third kappa shape index (κ3) is 5.94. The summed E-state index contributed by atoms with van der Waals surface area (Å²) in [6.07, 6.45) is -3.93. The summed E-state index contributed by atoms with van der Waals surface area (Å²) in [5.41, 5.74) is -2.40.